The van der Waals surface area contributed by atoms with Gasteiger partial charge in [0.2, 0.25) is 9.84 Å². The van der Waals surface area contributed by atoms with Crippen LogP contribution in [0.4, 0.5) is 0 Å². The van der Waals surface area contributed by atoms with E-state index in [1.165, 1.54) is 44.2 Å². The maximum Gasteiger partial charge on any atom is 0.267 e. The molecular weight excluding hydrogens is 474 g/mol. The highest BCUT2D eigenvalue weighted by Crippen LogP contribution is 2.32. The van der Waals surface area contributed by atoms with Crippen LogP contribution in [0.2, 0.25) is 0 Å². The molecular formula is C24H31N3O5S2. The summed E-state index contributed by atoms with van der Waals surface area (Å²) >= 11 is 0. The number of H-pyrrole nitrogens is 1. The first kappa shape index (κ1) is 24.7. The van der Waals surface area contributed by atoms with Gasteiger partial charge in [-0.25, -0.2) is 21.8 Å². The van der Waals surface area contributed by atoms with E-state index < -0.39 is 30.1 Å². The smallest absolute Gasteiger partial charge is 0.267 e. The molecule has 1 aliphatic carbocycles. The molecule has 1 aliphatic rings. The molecule has 0 bridgehead atoms. The van der Waals surface area contributed by atoms with Gasteiger partial charge in [-0.3, -0.25) is 4.79 Å². The van der Waals surface area contributed by atoms with Crippen molar-refractivity contribution in [1.82, 2.24) is 14.5 Å². The van der Waals surface area contributed by atoms with Crippen molar-refractivity contribution in [2.45, 2.75) is 79.5 Å². The van der Waals surface area contributed by atoms with Gasteiger partial charge in [0.1, 0.15) is 10.7 Å². The molecule has 8 nitrogen and oxygen atoms in total. The Morgan fingerprint density at radius 3 is 2.32 bits per heavy atom. The molecule has 0 aliphatic heterocycles. The second kappa shape index (κ2) is 8.64. The van der Waals surface area contributed by atoms with Crippen molar-refractivity contribution in [2.75, 3.05) is 6.26 Å². The van der Waals surface area contributed by atoms with Crippen LogP contribution in [0.25, 0.3) is 11.0 Å². The van der Waals surface area contributed by atoms with E-state index in [1.807, 2.05) is 0 Å². The van der Waals surface area contributed by atoms with Crippen LogP contribution in [0, 0.1) is 5.92 Å². The van der Waals surface area contributed by atoms with E-state index in [0.717, 1.165) is 36.4 Å². The number of nitrogens with zero attached hydrogens (tertiary/aromatic N) is 2. The number of imidazole rings is 1. The van der Waals surface area contributed by atoms with Crippen molar-refractivity contribution in [1.29, 1.82) is 0 Å². The average molecular weight is 506 g/mol. The zero-order valence-electron chi connectivity index (χ0n) is 20.0. The Morgan fingerprint density at radius 2 is 1.71 bits per heavy atom. The quantitative estimate of drug-likeness (QED) is 0.563. The Morgan fingerprint density at radius 1 is 1.03 bits per heavy atom. The fraction of sp³-hybridized carbons (Fsp3) is 0.500. The van der Waals surface area contributed by atoms with Gasteiger partial charge in [-0.1, -0.05) is 40.0 Å². The van der Waals surface area contributed by atoms with E-state index in [-0.39, 0.29) is 15.2 Å². The molecule has 10 heteroatoms. The maximum atomic E-state index is 13.3. The molecule has 4 rings (SSSR count). The third kappa shape index (κ3) is 4.70. The lowest BCUT2D eigenvalue weighted by atomic mass is 9.88. The second-order valence-corrected chi connectivity index (χ2v) is 14.2. The Kier molecular flexibility index (Phi) is 6.27. The number of benzene rings is 1. The van der Waals surface area contributed by atoms with Gasteiger partial charge >= 0.3 is 0 Å². The maximum absolute atomic E-state index is 13.3. The first-order valence-corrected chi connectivity index (χ1v) is 14.8. The highest BCUT2D eigenvalue weighted by Gasteiger charge is 2.28. The standard InChI is InChI=1S/C24H31N3O5S2/c1-24(2,3)23-26-19-12-17(10-11-20(19)27(23)15-16-8-6-5-7-9-16)34(31,32)21-13-18(33(4,29)30)14-25-22(21)28/h10-14,16H,5-9,15H2,1-4H3,(H,25,28). The first-order valence-electron chi connectivity index (χ1n) is 11.5. The molecule has 0 unspecified atom stereocenters. The summed E-state index contributed by atoms with van der Waals surface area (Å²) in [4.78, 5) is 18.4. The number of fused-ring (bicyclic) bond motifs is 1. The number of hydrogen-bond acceptors (Lipinski definition) is 6. The molecule has 184 valence electrons. The van der Waals surface area contributed by atoms with Crippen LogP contribution in [0.15, 0.2) is 49.9 Å². The molecule has 1 aromatic carbocycles. The summed E-state index contributed by atoms with van der Waals surface area (Å²) in [6, 6.07) is 5.59. The second-order valence-electron chi connectivity index (χ2n) is 10.3. The molecule has 1 fully saturated rings. The van der Waals surface area contributed by atoms with Crippen molar-refractivity contribution >= 4 is 30.7 Å². The highest BCUT2D eigenvalue weighted by molar-refractivity contribution is 7.92. The molecule has 2 heterocycles. The van der Waals surface area contributed by atoms with E-state index in [1.54, 1.807) is 6.07 Å². The summed E-state index contributed by atoms with van der Waals surface area (Å²) in [5.74, 6) is 1.45. The van der Waals surface area contributed by atoms with Crippen LogP contribution in [0.5, 0.6) is 0 Å². The SMILES string of the molecule is CC(C)(C)c1nc2cc(S(=O)(=O)c3cc(S(C)(=O)=O)c[nH]c3=O)ccc2n1CC1CCCCC1. The van der Waals surface area contributed by atoms with Gasteiger partial charge in [-0.05, 0) is 43.0 Å². The Hall–Kier alpha value is -2.46. The molecule has 0 saturated heterocycles. The minimum absolute atomic E-state index is 0.0982. The summed E-state index contributed by atoms with van der Waals surface area (Å²) in [7, 11) is -7.97. The van der Waals surface area contributed by atoms with E-state index in [9.17, 15) is 21.6 Å². The molecule has 0 radical (unpaired) electrons. The number of rotatable bonds is 5. The van der Waals surface area contributed by atoms with Crippen LogP contribution in [0.1, 0.15) is 58.7 Å². The molecule has 3 aromatic rings. The molecule has 0 amide bonds. The molecule has 1 saturated carbocycles. The van der Waals surface area contributed by atoms with E-state index in [4.69, 9.17) is 4.98 Å². The van der Waals surface area contributed by atoms with Gasteiger partial charge in [0.25, 0.3) is 5.56 Å². The fourth-order valence-electron chi connectivity index (χ4n) is 4.65. The van der Waals surface area contributed by atoms with Gasteiger partial charge in [0.15, 0.2) is 9.84 Å². The molecule has 1 N–H and O–H groups in total. The van der Waals surface area contributed by atoms with Crippen molar-refractivity contribution < 1.29 is 16.8 Å². The number of pyridine rings is 1. The number of aromatic nitrogens is 3. The lowest BCUT2D eigenvalue weighted by molar-refractivity contribution is 0.313. The number of aromatic amines is 1. The first-order chi connectivity index (χ1) is 15.8. The lowest BCUT2D eigenvalue weighted by Crippen LogP contribution is -2.22. The molecule has 2 aromatic heterocycles. The normalized spacial score (nSPS) is 16.2. The fourth-order valence-corrected chi connectivity index (χ4v) is 6.68. The molecule has 0 atom stereocenters. The van der Waals surface area contributed by atoms with Crippen LogP contribution >= 0.6 is 0 Å². The average Bonchev–Trinajstić information content (AvgIpc) is 3.12. The van der Waals surface area contributed by atoms with Crippen molar-refractivity contribution in [3.05, 3.63) is 46.6 Å². The summed E-state index contributed by atoms with van der Waals surface area (Å²) < 4.78 is 52.7. The van der Waals surface area contributed by atoms with Crippen molar-refractivity contribution in [3.8, 4) is 0 Å². The topological polar surface area (TPSA) is 119 Å². The van der Waals surface area contributed by atoms with Gasteiger partial charge < -0.3 is 9.55 Å². The number of hydrogen-bond donors (Lipinski definition) is 1. The van der Waals surface area contributed by atoms with Gasteiger partial charge in [-0.15, -0.1) is 0 Å². The summed E-state index contributed by atoms with van der Waals surface area (Å²) in [5, 5.41) is 0. The molecule has 34 heavy (non-hydrogen) atoms. The predicted molar refractivity (Wildman–Crippen MR) is 131 cm³/mol. The van der Waals surface area contributed by atoms with Crippen LogP contribution in [-0.2, 0) is 31.6 Å². The largest absolute Gasteiger partial charge is 0.327 e. The summed E-state index contributed by atoms with van der Waals surface area (Å²) in [6.45, 7) is 7.09. The molecule has 0 spiro atoms. The monoisotopic (exact) mass is 505 g/mol. The zero-order valence-corrected chi connectivity index (χ0v) is 21.6. The van der Waals surface area contributed by atoms with Crippen LogP contribution in [-0.4, -0.2) is 37.6 Å². The van der Waals surface area contributed by atoms with Gasteiger partial charge in [-0.2, -0.15) is 0 Å². The highest BCUT2D eigenvalue weighted by atomic mass is 32.2. The van der Waals surface area contributed by atoms with Gasteiger partial charge in [0.05, 0.1) is 20.8 Å². The van der Waals surface area contributed by atoms with Crippen molar-refractivity contribution in [2.24, 2.45) is 5.92 Å². The van der Waals surface area contributed by atoms with Crippen molar-refractivity contribution in [3.63, 3.8) is 0 Å². The van der Waals surface area contributed by atoms with E-state index >= 15 is 0 Å². The third-order valence-corrected chi connectivity index (χ3v) is 9.28. The predicted octanol–water partition coefficient (Wildman–Crippen LogP) is 3.84. The van der Waals surface area contributed by atoms with E-state index in [0.29, 0.717) is 11.4 Å². The van der Waals surface area contributed by atoms with Crippen LogP contribution < -0.4 is 5.56 Å². The minimum Gasteiger partial charge on any atom is -0.327 e. The Balaban J connectivity index is 1.83. The Labute approximate surface area is 200 Å². The number of nitrogens with one attached hydrogen (secondary N) is 1. The minimum atomic E-state index is -4.27. The Bertz CT molecular complexity index is 1500. The van der Waals surface area contributed by atoms with Gasteiger partial charge in [0, 0.05) is 24.4 Å². The summed E-state index contributed by atoms with van der Waals surface area (Å²) in [6.07, 6.45) is 8.04. The lowest BCUT2D eigenvalue weighted by Gasteiger charge is -2.26. The van der Waals surface area contributed by atoms with E-state index in [2.05, 4.69) is 30.3 Å². The third-order valence-electron chi connectivity index (χ3n) is 6.43. The zero-order chi connectivity index (χ0) is 24.9. The number of sulfone groups is 2. The van der Waals surface area contributed by atoms with Crippen LogP contribution in [0.3, 0.4) is 0 Å². The summed E-state index contributed by atoms with van der Waals surface area (Å²) in [5.41, 5.74) is 0.282.